The molecular weight excluding hydrogens is 290 g/mol. The molecule has 0 aliphatic carbocycles. The normalized spacial score (nSPS) is 30.0. The molecule has 0 saturated carbocycles. The van der Waals surface area contributed by atoms with Crippen LogP contribution in [0.25, 0.3) is 0 Å². The minimum Gasteiger partial charge on any atom is -0.369 e. The molecule has 0 spiro atoms. The summed E-state index contributed by atoms with van der Waals surface area (Å²) in [6.07, 6.45) is 0. The third kappa shape index (κ3) is 2.25. The van der Waals surface area contributed by atoms with Gasteiger partial charge in [0.15, 0.2) is 0 Å². The molecule has 2 rings (SSSR count). The maximum Gasteiger partial charge on any atom is 0.265 e. The minimum absolute atomic E-state index is 0.102. The Kier molecular flexibility index (Phi) is 3.17. The van der Waals surface area contributed by atoms with E-state index in [1.165, 1.54) is 18.8 Å². The fourth-order valence-corrected chi connectivity index (χ4v) is 4.46. The van der Waals surface area contributed by atoms with Gasteiger partial charge in [0, 0.05) is 12.5 Å². The number of guanidine groups is 1. The SMILES string of the molecule is CN1C(N)=NC(C)(N2CSC=C2C(N)=O)CS1(=O)=O. The van der Waals surface area contributed by atoms with Gasteiger partial charge >= 0.3 is 0 Å². The Morgan fingerprint density at radius 3 is 2.74 bits per heavy atom. The van der Waals surface area contributed by atoms with E-state index in [9.17, 15) is 13.2 Å². The zero-order chi connectivity index (χ0) is 14.4. The van der Waals surface area contributed by atoms with Crippen LogP contribution in [0.2, 0.25) is 0 Å². The van der Waals surface area contributed by atoms with E-state index in [1.54, 1.807) is 17.2 Å². The first-order valence-corrected chi connectivity index (χ1v) is 8.04. The number of carbonyl (C=O) groups excluding carboxylic acids is 1. The molecule has 10 heteroatoms. The van der Waals surface area contributed by atoms with Crippen LogP contribution in [0.1, 0.15) is 6.92 Å². The highest BCUT2D eigenvalue weighted by atomic mass is 32.2. The molecule has 19 heavy (non-hydrogen) atoms. The summed E-state index contributed by atoms with van der Waals surface area (Å²) in [5, 5.41) is 1.60. The quantitative estimate of drug-likeness (QED) is 0.649. The van der Waals surface area contributed by atoms with Crippen LogP contribution in [0.5, 0.6) is 0 Å². The number of sulfonamides is 1. The topological polar surface area (TPSA) is 122 Å². The van der Waals surface area contributed by atoms with E-state index in [4.69, 9.17) is 11.5 Å². The van der Waals surface area contributed by atoms with Crippen LogP contribution in [-0.4, -0.2) is 53.8 Å². The molecule has 0 radical (unpaired) electrons. The van der Waals surface area contributed by atoms with E-state index in [1.807, 2.05) is 0 Å². The van der Waals surface area contributed by atoms with Crippen molar-refractivity contribution in [2.45, 2.75) is 12.6 Å². The maximum atomic E-state index is 12.0. The van der Waals surface area contributed by atoms with Crippen molar-refractivity contribution in [3.05, 3.63) is 11.1 Å². The zero-order valence-corrected chi connectivity index (χ0v) is 12.2. The number of nitrogens with zero attached hydrogens (tertiary/aromatic N) is 3. The fraction of sp³-hybridized carbons (Fsp3) is 0.556. The van der Waals surface area contributed by atoms with Gasteiger partial charge in [-0.15, -0.1) is 11.8 Å². The number of hydrogen-bond acceptors (Lipinski definition) is 7. The van der Waals surface area contributed by atoms with Crippen LogP contribution < -0.4 is 11.5 Å². The molecule has 1 atom stereocenters. The summed E-state index contributed by atoms with van der Waals surface area (Å²) in [5.41, 5.74) is 10.1. The predicted octanol–water partition coefficient (Wildman–Crippen LogP) is -1.37. The van der Waals surface area contributed by atoms with Crippen molar-refractivity contribution in [3.8, 4) is 0 Å². The van der Waals surface area contributed by atoms with Crippen molar-refractivity contribution in [3.63, 3.8) is 0 Å². The third-order valence-corrected chi connectivity index (χ3v) is 5.80. The average molecular weight is 305 g/mol. The molecule has 0 saturated heterocycles. The summed E-state index contributed by atoms with van der Waals surface area (Å²) in [5.74, 6) is -0.571. The summed E-state index contributed by atoms with van der Waals surface area (Å²) < 4.78 is 25.0. The molecule has 2 heterocycles. The smallest absolute Gasteiger partial charge is 0.265 e. The minimum atomic E-state index is -3.56. The molecule has 0 aromatic heterocycles. The lowest BCUT2D eigenvalue weighted by Crippen LogP contribution is -2.58. The molecular formula is C9H15N5O3S2. The molecule has 4 N–H and O–H groups in total. The fourth-order valence-electron chi connectivity index (χ4n) is 1.99. The van der Waals surface area contributed by atoms with Gasteiger partial charge in [0.25, 0.3) is 5.91 Å². The number of amides is 1. The van der Waals surface area contributed by atoms with Gasteiger partial charge in [0.1, 0.15) is 17.1 Å². The van der Waals surface area contributed by atoms with Crippen LogP contribution in [0.4, 0.5) is 0 Å². The number of carbonyl (C=O) groups is 1. The molecule has 0 aromatic rings. The molecule has 106 valence electrons. The van der Waals surface area contributed by atoms with Crippen LogP contribution >= 0.6 is 11.8 Å². The Morgan fingerprint density at radius 2 is 2.21 bits per heavy atom. The Morgan fingerprint density at radius 1 is 1.58 bits per heavy atom. The van der Waals surface area contributed by atoms with E-state index in [2.05, 4.69) is 4.99 Å². The number of aliphatic imine (C=N–C) groups is 1. The Labute approximate surface area is 115 Å². The van der Waals surface area contributed by atoms with Crippen molar-refractivity contribution in [1.29, 1.82) is 0 Å². The van der Waals surface area contributed by atoms with Gasteiger partial charge in [-0.2, -0.15) is 0 Å². The second-order valence-electron chi connectivity index (χ2n) is 4.50. The first kappa shape index (κ1) is 14.0. The van der Waals surface area contributed by atoms with E-state index >= 15 is 0 Å². The molecule has 8 nitrogen and oxygen atoms in total. The van der Waals surface area contributed by atoms with Crippen molar-refractivity contribution in [2.75, 3.05) is 18.7 Å². The highest BCUT2D eigenvalue weighted by molar-refractivity contribution is 8.02. The second-order valence-corrected chi connectivity index (χ2v) is 7.33. The number of rotatable bonds is 2. The molecule has 1 unspecified atom stereocenters. The number of nitrogens with two attached hydrogens (primary N) is 2. The highest BCUT2D eigenvalue weighted by Crippen LogP contribution is 2.34. The van der Waals surface area contributed by atoms with Crippen molar-refractivity contribution >= 4 is 33.7 Å². The lowest BCUT2D eigenvalue weighted by Gasteiger charge is -2.41. The lowest BCUT2D eigenvalue weighted by molar-refractivity contribution is -0.116. The van der Waals surface area contributed by atoms with E-state index in [-0.39, 0.29) is 17.4 Å². The standard InChI is InChI=1S/C9H15N5O3S2/c1-9(14-5-18-3-6(14)7(10)15)4-19(16,17)13(2)8(11)12-9/h3H,4-5H2,1-2H3,(H2,10,15)(H2,11,12). The van der Waals surface area contributed by atoms with Crippen molar-refractivity contribution in [2.24, 2.45) is 16.5 Å². The van der Waals surface area contributed by atoms with Gasteiger partial charge in [-0.1, -0.05) is 0 Å². The monoisotopic (exact) mass is 305 g/mol. The van der Waals surface area contributed by atoms with Crippen LogP contribution in [0, 0.1) is 0 Å². The zero-order valence-electron chi connectivity index (χ0n) is 10.5. The van der Waals surface area contributed by atoms with E-state index < -0.39 is 21.6 Å². The van der Waals surface area contributed by atoms with Crippen LogP contribution in [-0.2, 0) is 14.8 Å². The third-order valence-electron chi connectivity index (χ3n) is 3.07. The number of primary amides is 1. The van der Waals surface area contributed by atoms with E-state index in [0.29, 0.717) is 5.88 Å². The van der Waals surface area contributed by atoms with Gasteiger partial charge in [-0.25, -0.2) is 17.7 Å². The first-order valence-electron chi connectivity index (χ1n) is 5.38. The van der Waals surface area contributed by atoms with Gasteiger partial charge in [-0.05, 0) is 6.92 Å². The second kappa shape index (κ2) is 4.30. The van der Waals surface area contributed by atoms with Crippen LogP contribution in [0.3, 0.4) is 0 Å². The highest BCUT2D eigenvalue weighted by Gasteiger charge is 2.45. The largest absolute Gasteiger partial charge is 0.369 e. The summed E-state index contributed by atoms with van der Waals surface area (Å²) in [6.45, 7) is 1.62. The summed E-state index contributed by atoms with van der Waals surface area (Å²) >= 11 is 1.36. The maximum absolute atomic E-state index is 12.0. The van der Waals surface area contributed by atoms with Crippen molar-refractivity contribution in [1.82, 2.24) is 9.21 Å². The first-order chi connectivity index (χ1) is 8.67. The lowest BCUT2D eigenvalue weighted by atomic mass is 10.2. The average Bonchev–Trinajstić information content (AvgIpc) is 2.74. The number of thioether (sulfide) groups is 1. The Bertz CT molecular complexity index is 585. The van der Waals surface area contributed by atoms with Gasteiger partial charge in [-0.3, -0.25) is 4.79 Å². The van der Waals surface area contributed by atoms with Crippen LogP contribution in [0.15, 0.2) is 16.1 Å². The molecule has 0 aromatic carbocycles. The van der Waals surface area contributed by atoms with Crippen molar-refractivity contribution < 1.29 is 13.2 Å². The Balaban J connectivity index is 2.45. The molecule has 1 amide bonds. The summed E-state index contributed by atoms with van der Waals surface area (Å²) in [4.78, 5) is 17.1. The molecule has 2 aliphatic rings. The van der Waals surface area contributed by atoms with Gasteiger partial charge in [0.05, 0.1) is 5.88 Å². The van der Waals surface area contributed by atoms with Gasteiger partial charge < -0.3 is 16.4 Å². The van der Waals surface area contributed by atoms with E-state index in [0.717, 1.165) is 4.31 Å². The number of hydrogen-bond donors (Lipinski definition) is 2. The molecule has 2 aliphatic heterocycles. The Hall–Kier alpha value is -1.42. The summed E-state index contributed by atoms with van der Waals surface area (Å²) in [6, 6.07) is 0. The predicted molar refractivity (Wildman–Crippen MR) is 73.2 cm³/mol. The molecule has 0 fully saturated rings. The van der Waals surface area contributed by atoms with Gasteiger partial charge in [0.2, 0.25) is 16.0 Å². The molecule has 0 bridgehead atoms. The summed E-state index contributed by atoms with van der Waals surface area (Å²) in [7, 11) is -2.21.